The Morgan fingerprint density at radius 2 is 1.77 bits per heavy atom. The van der Waals surface area contributed by atoms with E-state index in [1.54, 1.807) is 6.07 Å². The molecule has 1 atom stereocenters. The van der Waals surface area contributed by atoms with Gasteiger partial charge in [0.15, 0.2) is 11.5 Å². The van der Waals surface area contributed by atoms with Gasteiger partial charge in [-0.05, 0) is 56.0 Å². The fraction of sp³-hybridized carbons (Fsp3) is 0.107. The van der Waals surface area contributed by atoms with Crippen LogP contribution in [0.4, 0.5) is 0 Å². The fourth-order valence-electron chi connectivity index (χ4n) is 4.58. The van der Waals surface area contributed by atoms with E-state index in [-0.39, 0.29) is 12.7 Å². The molecule has 2 heterocycles. The number of allylic oxidation sites excluding steroid dienone is 1. The van der Waals surface area contributed by atoms with Gasteiger partial charge < -0.3 is 24.7 Å². The van der Waals surface area contributed by atoms with Gasteiger partial charge in [-0.1, -0.05) is 48.5 Å². The van der Waals surface area contributed by atoms with Crippen LogP contribution in [0.5, 0.6) is 23.0 Å². The molecule has 172 valence electrons. The lowest BCUT2D eigenvalue weighted by atomic mass is 9.83. The Kier molecular flexibility index (Phi) is 5.24. The normalized spacial score (nSPS) is 15.9. The van der Waals surface area contributed by atoms with Crippen LogP contribution in [-0.2, 0) is 6.61 Å². The summed E-state index contributed by atoms with van der Waals surface area (Å²) in [5, 5.41) is 12.2. The van der Waals surface area contributed by atoms with Gasteiger partial charge in [0.2, 0.25) is 12.7 Å². The minimum Gasteiger partial charge on any atom is -0.488 e. The van der Waals surface area contributed by atoms with E-state index in [9.17, 15) is 5.26 Å². The second kappa shape index (κ2) is 8.57. The summed E-state index contributed by atoms with van der Waals surface area (Å²) in [6.45, 7) is 0.574. The molecule has 2 aliphatic heterocycles. The third kappa shape index (κ3) is 3.72. The standard InChI is InChI=1S/C28H19BrN2O4/c29-22-10-17(8-9-23(22)32-14-18-6-3-5-16-4-1-2-7-19(16)18)27-20-11-25-26(34-15-33-25)12-24(20)35-28(31)21(27)13-30/h1-12,27H,14-15,31H2/t27-/m0/s1. The number of fused-ring (bicyclic) bond motifs is 3. The van der Waals surface area contributed by atoms with Gasteiger partial charge in [-0.3, -0.25) is 0 Å². The average Bonchev–Trinajstić information content (AvgIpc) is 3.33. The molecule has 0 saturated carbocycles. The summed E-state index contributed by atoms with van der Waals surface area (Å²) in [6.07, 6.45) is 0. The Morgan fingerprint density at radius 3 is 2.60 bits per heavy atom. The molecule has 0 aliphatic carbocycles. The zero-order valence-corrected chi connectivity index (χ0v) is 20.0. The van der Waals surface area contributed by atoms with Crippen molar-refractivity contribution in [2.45, 2.75) is 12.5 Å². The number of benzene rings is 4. The fourth-order valence-corrected chi connectivity index (χ4v) is 5.09. The zero-order valence-electron chi connectivity index (χ0n) is 18.5. The molecule has 0 unspecified atom stereocenters. The van der Waals surface area contributed by atoms with Crippen molar-refractivity contribution < 1.29 is 18.9 Å². The van der Waals surface area contributed by atoms with E-state index in [1.807, 2.05) is 42.5 Å². The lowest BCUT2D eigenvalue weighted by Crippen LogP contribution is -2.21. The van der Waals surface area contributed by atoms with Gasteiger partial charge in [0, 0.05) is 11.6 Å². The third-order valence-corrected chi connectivity index (χ3v) is 6.88. The van der Waals surface area contributed by atoms with Gasteiger partial charge in [-0.15, -0.1) is 0 Å². The molecule has 7 heteroatoms. The largest absolute Gasteiger partial charge is 0.488 e. The maximum absolute atomic E-state index is 9.87. The van der Waals surface area contributed by atoms with Crippen LogP contribution in [0.1, 0.15) is 22.6 Å². The van der Waals surface area contributed by atoms with Crippen LogP contribution in [0, 0.1) is 11.3 Å². The molecule has 4 aromatic rings. The number of hydrogen-bond donors (Lipinski definition) is 1. The highest BCUT2D eigenvalue weighted by Crippen LogP contribution is 2.48. The van der Waals surface area contributed by atoms with E-state index in [1.165, 1.54) is 10.8 Å². The van der Waals surface area contributed by atoms with Crippen molar-refractivity contribution in [2.75, 3.05) is 6.79 Å². The number of halogens is 1. The molecule has 6 rings (SSSR count). The Labute approximate surface area is 210 Å². The second-order valence-corrected chi connectivity index (χ2v) is 9.14. The Bertz CT molecular complexity index is 1550. The van der Waals surface area contributed by atoms with Crippen LogP contribution >= 0.6 is 15.9 Å². The maximum atomic E-state index is 9.87. The van der Waals surface area contributed by atoms with E-state index >= 15 is 0 Å². The molecule has 0 radical (unpaired) electrons. The number of hydrogen-bond acceptors (Lipinski definition) is 6. The highest BCUT2D eigenvalue weighted by atomic mass is 79.9. The summed E-state index contributed by atoms with van der Waals surface area (Å²) in [5.41, 5.74) is 9.24. The maximum Gasteiger partial charge on any atom is 0.231 e. The summed E-state index contributed by atoms with van der Waals surface area (Å²) in [6, 6.07) is 26.1. The summed E-state index contributed by atoms with van der Waals surface area (Å²) >= 11 is 3.65. The first-order valence-electron chi connectivity index (χ1n) is 11.0. The zero-order chi connectivity index (χ0) is 23.9. The van der Waals surface area contributed by atoms with E-state index in [4.69, 9.17) is 24.7 Å². The van der Waals surface area contributed by atoms with Crippen LogP contribution in [-0.4, -0.2) is 6.79 Å². The molecular weight excluding hydrogens is 508 g/mol. The summed E-state index contributed by atoms with van der Waals surface area (Å²) in [4.78, 5) is 0. The first-order chi connectivity index (χ1) is 17.1. The van der Waals surface area contributed by atoms with Gasteiger partial charge in [-0.2, -0.15) is 5.26 Å². The van der Waals surface area contributed by atoms with Crippen molar-refractivity contribution in [3.8, 4) is 29.1 Å². The van der Waals surface area contributed by atoms with Gasteiger partial charge in [-0.25, -0.2) is 0 Å². The molecule has 0 bridgehead atoms. The molecule has 0 saturated heterocycles. The molecule has 0 amide bonds. The quantitative estimate of drug-likeness (QED) is 0.344. The molecule has 0 fully saturated rings. The SMILES string of the molecule is N#CC1=C(N)Oc2cc3c(cc2[C@@H]1c1ccc(OCc2cccc4ccccc24)c(Br)c1)OCO3. The molecule has 0 spiro atoms. The molecule has 4 aromatic carbocycles. The van der Waals surface area contributed by atoms with Crippen molar-refractivity contribution in [3.05, 3.63) is 105 Å². The van der Waals surface area contributed by atoms with E-state index in [2.05, 4.69) is 46.3 Å². The van der Waals surface area contributed by atoms with E-state index < -0.39 is 5.92 Å². The molecule has 2 N–H and O–H groups in total. The predicted molar refractivity (Wildman–Crippen MR) is 134 cm³/mol. The predicted octanol–water partition coefficient (Wildman–Crippen LogP) is 6.13. The molecule has 2 aliphatic rings. The van der Waals surface area contributed by atoms with Crippen LogP contribution in [0.15, 0.2) is 88.7 Å². The van der Waals surface area contributed by atoms with Crippen molar-refractivity contribution in [3.63, 3.8) is 0 Å². The average molecular weight is 527 g/mol. The minimum absolute atomic E-state index is 0.0799. The number of nitrogens with zero attached hydrogens (tertiary/aromatic N) is 1. The third-order valence-electron chi connectivity index (χ3n) is 6.26. The van der Waals surface area contributed by atoms with Crippen molar-refractivity contribution in [1.29, 1.82) is 5.26 Å². The van der Waals surface area contributed by atoms with Crippen LogP contribution in [0.2, 0.25) is 0 Å². The lowest BCUT2D eigenvalue weighted by Gasteiger charge is -2.27. The Hall–Kier alpha value is -4.15. The summed E-state index contributed by atoms with van der Waals surface area (Å²) in [7, 11) is 0. The van der Waals surface area contributed by atoms with Gasteiger partial charge in [0.1, 0.15) is 29.7 Å². The van der Waals surface area contributed by atoms with Crippen LogP contribution in [0.25, 0.3) is 10.8 Å². The van der Waals surface area contributed by atoms with Gasteiger partial charge in [0.25, 0.3) is 0 Å². The van der Waals surface area contributed by atoms with E-state index in [0.29, 0.717) is 35.2 Å². The van der Waals surface area contributed by atoms with Crippen molar-refractivity contribution in [1.82, 2.24) is 0 Å². The Morgan fingerprint density at radius 1 is 0.971 bits per heavy atom. The minimum atomic E-state index is -0.415. The molecule has 35 heavy (non-hydrogen) atoms. The summed E-state index contributed by atoms with van der Waals surface area (Å²) < 4.78 is 23.7. The highest BCUT2D eigenvalue weighted by Gasteiger charge is 2.33. The number of rotatable bonds is 4. The van der Waals surface area contributed by atoms with Gasteiger partial charge >= 0.3 is 0 Å². The smallest absolute Gasteiger partial charge is 0.231 e. The first-order valence-corrected chi connectivity index (χ1v) is 11.8. The van der Waals surface area contributed by atoms with Crippen molar-refractivity contribution >= 4 is 26.7 Å². The Balaban J connectivity index is 1.33. The second-order valence-electron chi connectivity index (χ2n) is 8.28. The topological polar surface area (TPSA) is 86.7 Å². The number of ether oxygens (including phenoxy) is 4. The first kappa shape index (κ1) is 21.4. The highest BCUT2D eigenvalue weighted by molar-refractivity contribution is 9.10. The summed E-state index contributed by atoms with van der Waals surface area (Å²) in [5.74, 6) is 2.12. The molecule has 0 aromatic heterocycles. The molecular formula is C28H19BrN2O4. The number of nitriles is 1. The van der Waals surface area contributed by atoms with Crippen molar-refractivity contribution in [2.24, 2.45) is 5.73 Å². The van der Waals surface area contributed by atoms with E-state index in [0.717, 1.165) is 21.2 Å². The monoisotopic (exact) mass is 526 g/mol. The van der Waals surface area contributed by atoms with Crippen LogP contribution in [0.3, 0.4) is 0 Å². The number of nitrogens with two attached hydrogens (primary N) is 1. The molecule has 6 nitrogen and oxygen atoms in total. The van der Waals surface area contributed by atoms with Crippen LogP contribution < -0.4 is 24.7 Å². The van der Waals surface area contributed by atoms with Gasteiger partial charge in [0.05, 0.1) is 10.4 Å². The lowest BCUT2D eigenvalue weighted by molar-refractivity contribution is 0.174.